The maximum absolute atomic E-state index is 13.2. The van der Waals surface area contributed by atoms with Gasteiger partial charge in [-0.2, -0.15) is 0 Å². The molecule has 0 saturated carbocycles. The summed E-state index contributed by atoms with van der Waals surface area (Å²) in [5.74, 6) is 2.13. The van der Waals surface area contributed by atoms with E-state index in [9.17, 15) is 4.39 Å². The van der Waals surface area contributed by atoms with Crippen LogP contribution in [-0.2, 0) is 12.3 Å². The summed E-state index contributed by atoms with van der Waals surface area (Å²) in [6, 6.07) is 13.6. The molecule has 30 heavy (non-hydrogen) atoms. The summed E-state index contributed by atoms with van der Waals surface area (Å²) in [5, 5.41) is 10.1. The van der Waals surface area contributed by atoms with Gasteiger partial charge in [-0.05, 0) is 35.9 Å². The van der Waals surface area contributed by atoms with E-state index in [1.165, 1.54) is 23.9 Å². The van der Waals surface area contributed by atoms with E-state index in [2.05, 4.69) is 0 Å². The Kier molecular flexibility index (Phi) is 5.76. The quantitative estimate of drug-likeness (QED) is 0.346. The number of furan rings is 1. The predicted molar refractivity (Wildman–Crippen MR) is 112 cm³/mol. The summed E-state index contributed by atoms with van der Waals surface area (Å²) >= 11 is 1.48. The molecule has 4 rings (SSSR count). The number of fused-ring (bicyclic) bond motifs is 1. The molecule has 0 radical (unpaired) electrons. The molecule has 0 atom stereocenters. The highest BCUT2D eigenvalue weighted by atomic mass is 32.2. The highest BCUT2D eigenvalue weighted by Crippen LogP contribution is 2.31. The van der Waals surface area contributed by atoms with Crippen molar-refractivity contribution < 1.29 is 18.3 Å². The lowest BCUT2D eigenvalue weighted by Crippen LogP contribution is -2.24. The van der Waals surface area contributed by atoms with Gasteiger partial charge in [0.25, 0.3) is 0 Å². The monoisotopic (exact) mass is 425 g/mol. The third kappa shape index (κ3) is 4.04. The summed E-state index contributed by atoms with van der Waals surface area (Å²) in [7, 11) is 3.13. The van der Waals surface area contributed by atoms with Crippen molar-refractivity contribution in [1.29, 1.82) is 5.41 Å². The highest BCUT2D eigenvalue weighted by Gasteiger charge is 2.15. The van der Waals surface area contributed by atoms with Gasteiger partial charge in [0.05, 0.1) is 32.5 Å². The second-order valence-electron chi connectivity index (χ2n) is 6.55. The normalized spacial score (nSPS) is 11.0. The molecular weight excluding hydrogens is 405 g/mol. The smallest absolute Gasteiger partial charge is 0.170 e. The first-order chi connectivity index (χ1) is 14.6. The summed E-state index contributed by atoms with van der Waals surface area (Å²) in [6.45, 7) is 0.370. The van der Waals surface area contributed by atoms with E-state index in [1.54, 1.807) is 49.3 Å². The van der Waals surface area contributed by atoms with Crippen LogP contribution in [0.4, 0.5) is 4.39 Å². The van der Waals surface area contributed by atoms with Crippen molar-refractivity contribution in [3.63, 3.8) is 0 Å². The van der Waals surface area contributed by atoms with E-state index in [0.717, 1.165) is 11.3 Å². The van der Waals surface area contributed by atoms with Crippen LogP contribution in [0.25, 0.3) is 10.9 Å². The Morgan fingerprint density at radius 3 is 2.50 bits per heavy atom. The molecule has 154 valence electrons. The number of nitrogens with zero attached hydrogens (tertiary/aromatic N) is 2. The summed E-state index contributed by atoms with van der Waals surface area (Å²) in [5.41, 5.74) is 1.89. The molecule has 0 amide bonds. The lowest BCUT2D eigenvalue weighted by molar-refractivity contribution is 0.355. The van der Waals surface area contributed by atoms with Crippen LogP contribution < -0.4 is 15.0 Å². The highest BCUT2D eigenvalue weighted by molar-refractivity contribution is 7.98. The molecule has 0 unspecified atom stereocenters. The molecule has 0 fully saturated rings. The van der Waals surface area contributed by atoms with Gasteiger partial charge in [0.1, 0.15) is 17.1 Å². The molecule has 0 bridgehead atoms. The van der Waals surface area contributed by atoms with Gasteiger partial charge in [-0.25, -0.2) is 9.37 Å². The van der Waals surface area contributed by atoms with Gasteiger partial charge in [-0.15, -0.1) is 0 Å². The minimum Gasteiger partial charge on any atom is -0.493 e. The second-order valence-corrected chi connectivity index (χ2v) is 7.49. The molecule has 0 aliphatic carbocycles. The summed E-state index contributed by atoms with van der Waals surface area (Å²) in [6.07, 6.45) is 1.60. The number of methoxy groups -OCH3 is 2. The number of hydrogen-bond donors (Lipinski definition) is 1. The van der Waals surface area contributed by atoms with Gasteiger partial charge in [0, 0.05) is 17.2 Å². The van der Waals surface area contributed by atoms with Crippen LogP contribution in [0.15, 0.2) is 64.4 Å². The lowest BCUT2D eigenvalue weighted by Gasteiger charge is -2.15. The zero-order valence-electron chi connectivity index (χ0n) is 16.5. The summed E-state index contributed by atoms with van der Waals surface area (Å²) < 4.78 is 31.3. The fourth-order valence-electron chi connectivity index (χ4n) is 3.10. The standard InChI is InChI=1S/C22H20FN3O3S/c1-27-19-10-17-18(11-20(19)28-2)25-22(30-13-14-5-7-15(23)8-6-14)26(21(17)24)12-16-4-3-9-29-16/h3-11,24H,12-13H2,1-2H3. The SMILES string of the molecule is COc1cc2nc(SCc3ccc(F)cc3)n(Cc3ccco3)c(=N)c2cc1OC. The minimum atomic E-state index is -0.269. The zero-order chi connectivity index (χ0) is 21.1. The number of benzene rings is 2. The molecule has 0 aliphatic rings. The summed E-state index contributed by atoms with van der Waals surface area (Å²) in [4.78, 5) is 4.79. The molecule has 2 heterocycles. The van der Waals surface area contributed by atoms with Gasteiger partial charge in [0.15, 0.2) is 16.7 Å². The molecule has 1 N–H and O–H groups in total. The van der Waals surface area contributed by atoms with E-state index < -0.39 is 0 Å². The number of ether oxygens (including phenoxy) is 2. The molecule has 8 heteroatoms. The second kappa shape index (κ2) is 8.62. The van der Waals surface area contributed by atoms with Crippen molar-refractivity contribution in [3.8, 4) is 11.5 Å². The number of hydrogen-bond acceptors (Lipinski definition) is 6. The average molecular weight is 425 g/mol. The number of aromatic nitrogens is 2. The van der Waals surface area contributed by atoms with Crippen LogP contribution in [0.2, 0.25) is 0 Å². The molecule has 0 saturated heterocycles. The number of thioether (sulfide) groups is 1. The van der Waals surface area contributed by atoms with E-state index in [-0.39, 0.29) is 5.82 Å². The molecule has 0 aliphatic heterocycles. The van der Waals surface area contributed by atoms with Crippen molar-refractivity contribution in [2.45, 2.75) is 17.5 Å². The molecule has 2 aromatic carbocycles. The van der Waals surface area contributed by atoms with E-state index in [1.807, 2.05) is 12.1 Å². The van der Waals surface area contributed by atoms with Crippen molar-refractivity contribution in [2.24, 2.45) is 0 Å². The molecule has 4 aromatic rings. The van der Waals surface area contributed by atoms with Crippen LogP contribution in [0, 0.1) is 11.2 Å². The Hall–Kier alpha value is -3.26. The van der Waals surface area contributed by atoms with Crippen LogP contribution in [-0.4, -0.2) is 23.8 Å². The Bertz CT molecular complexity index is 1220. The fourth-order valence-corrected chi connectivity index (χ4v) is 4.06. The Labute approximate surface area is 176 Å². The topological polar surface area (TPSA) is 73.3 Å². The van der Waals surface area contributed by atoms with Crippen molar-refractivity contribution in [2.75, 3.05) is 14.2 Å². The van der Waals surface area contributed by atoms with Crippen LogP contribution in [0.1, 0.15) is 11.3 Å². The van der Waals surface area contributed by atoms with Crippen molar-refractivity contribution >= 4 is 22.7 Å². The average Bonchev–Trinajstić information content (AvgIpc) is 3.28. The number of rotatable bonds is 7. The minimum absolute atomic E-state index is 0.269. The largest absolute Gasteiger partial charge is 0.493 e. The Morgan fingerprint density at radius 2 is 1.83 bits per heavy atom. The third-order valence-electron chi connectivity index (χ3n) is 4.65. The number of nitrogens with one attached hydrogen (secondary N) is 1. The van der Waals surface area contributed by atoms with Gasteiger partial charge in [-0.1, -0.05) is 23.9 Å². The zero-order valence-corrected chi connectivity index (χ0v) is 17.3. The maximum Gasteiger partial charge on any atom is 0.170 e. The predicted octanol–water partition coefficient (Wildman–Crippen LogP) is 4.61. The van der Waals surface area contributed by atoms with Crippen molar-refractivity contribution in [1.82, 2.24) is 9.55 Å². The molecular formula is C22H20FN3O3S. The van der Waals surface area contributed by atoms with Crippen molar-refractivity contribution in [3.05, 3.63) is 77.4 Å². The first kappa shape index (κ1) is 20.0. The molecule has 0 spiro atoms. The number of halogens is 1. The van der Waals surface area contributed by atoms with Gasteiger partial charge in [-0.3, -0.25) is 9.98 Å². The third-order valence-corrected chi connectivity index (χ3v) is 5.70. The van der Waals surface area contributed by atoms with E-state index >= 15 is 0 Å². The van der Waals surface area contributed by atoms with Gasteiger partial charge in [0.2, 0.25) is 0 Å². The van der Waals surface area contributed by atoms with Crippen LogP contribution >= 0.6 is 11.8 Å². The van der Waals surface area contributed by atoms with Gasteiger partial charge < -0.3 is 13.9 Å². The fraction of sp³-hybridized carbons (Fsp3) is 0.182. The lowest BCUT2D eigenvalue weighted by atomic mass is 10.2. The molecule has 6 nitrogen and oxygen atoms in total. The van der Waals surface area contributed by atoms with Crippen LogP contribution in [0.3, 0.4) is 0 Å². The van der Waals surface area contributed by atoms with E-state index in [0.29, 0.717) is 45.3 Å². The molecule has 2 aromatic heterocycles. The van der Waals surface area contributed by atoms with E-state index in [4.69, 9.17) is 24.3 Å². The van der Waals surface area contributed by atoms with Gasteiger partial charge >= 0.3 is 0 Å². The Balaban J connectivity index is 1.80. The first-order valence-electron chi connectivity index (χ1n) is 9.20. The first-order valence-corrected chi connectivity index (χ1v) is 10.2. The van der Waals surface area contributed by atoms with Crippen LogP contribution in [0.5, 0.6) is 11.5 Å². The maximum atomic E-state index is 13.2. The Morgan fingerprint density at radius 1 is 1.10 bits per heavy atom.